The first-order chi connectivity index (χ1) is 9.13. The second kappa shape index (κ2) is 5.79. The highest BCUT2D eigenvalue weighted by Crippen LogP contribution is 2.29. The van der Waals surface area contributed by atoms with E-state index in [-0.39, 0.29) is 17.7 Å². The molecule has 0 bridgehead atoms. The van der Waals surface area contributed by atoms with Crippen LogP contribution in [0.5, 0.6) is 5.75 Å². The summed E-state index contributed by atoms with van der Waals surface area (Å²) in [6, 6.07) is 4.41. The third kappa shape index (κ3) is 3.08. The topological polar surface area (TPSA) is 60.2 Å². The highest BCUT2D eigenvalue weighted by Gasteiger charge is 2.15. The average Bonchev–Trinajstić information content (AvgIpc) is 2.86. The molecule has 0 aliphatic rings. The van der Waals surface area contributed by atoms with Crippen LogP contribution < -0.4 is 10.1 Å². The lowest BCUT2D eigenvalue weighted by Crippen LogP contribution is -2.24. The first-order valence-electron chi connectivity index (χ1n) is 5.97. The van der Waals surface area contributed by atoms with E-state index < -0.39 is 0 Å². The van der Waals surface area contributed by atoms with Gasteiger partial charge in [0.1, 0.15) is 11.6 Å². The average molecular weight is 265 g/mol. The summed E-state index contributed by atoms with van der Waals surface area (Å²) in [5.74, 6) is 0.954. The molecule has 0 radical (unpaired) electrons. The fraction of sp³-hybridized carbons (Fsp3) is 0.385. The van der Waals surface area contributed by atoms with Gasteiger partial charge < -0.3 is 14.6 Å². The predicted molar refractivity (Wildman–Crippen MR) is 68.5 cm³/mol. The lowest BCUT2D eigenvalue weighted by molar-refractivity contribution is 0.400. The minimum atomic E-state index is -0.376. The van der Waals surface area contributed by atoms with Gasteiger partial charge in [0.15, 0.2) is 5.82 Å². The highest BCUT2D eigenvalue weighted by molar-refractivity contribution is 5.62. The number of benzene rings is 1. The molecule has 2 aromatic rings. The number of hydrogen-bond acceptors (Lipinski definition) is 5. The van der Waals surface area contributed by atoms with Crippen LogP contribution >= 0.6 is 0 Å². The van der Waals surface area contributed by atoms with Gasteiger partial charge in [0, 0.05) is 12.5 Å². The van der Waals surface area contributed by atoms with E-state index in [1.807, 2.05) is 14.0 Å². The molecule has 0 saturated carbocycles. The summed E-state index contributed by atoms with van der Waals surface area (Å²) in [4.78, 5) is 4.25. The van der Waals surface area contributed by atoms with Crippen LogP contribution in [0.1, 0.15) is 12.7 Å². The van der Waals surface area contributed by atoms with Crippen molar-refractivity contribution >= 4 is 0 Å². The van der Waals surface area contributed by atoms with Crippen molar-refractivity contribution in [2.24, 2.45) is 0 Å². The first-order valence-corrected chi connectivity index (χ1v) is 5.97. The fourth-order valence-electron chi connectivity index (χ4n) is 1.67. The van der Waals surface area contributed by atoms with E-state index in [2.05, 4.69) is 15.5 Å². The van der Waals surface area contributed by atoms with Crippen molar-refractivity contribution in [2.45, 2.75) is 19.4 Å². The van der Waals surface area contributed by atoms with Gasteiger partial charge in [-0.15, -0.1) is 0 Å². The first kappa shape index (κ1) is 13.5. The van der Waals surface area contributed by atoms with E-state index in [4.69, 9.17) is 9.26 Å². The summed E-state index contributed by atoms with van der Waals surface area (Å²) >= 11 is 0. The normalized spacial score (nSPS) is 12.4. The molecule has 5 nitrogen and oxygen atoms in total. The van der Waals surface area contributed by atoms with Gasteiger partial charge in [-0.1, -0.05) is 5.16 Å². The molecule has 0 fully saturated rings. The van der Waals surface area contributed by atoms with Crippen LogP contribution in [0.25, 0.3) is 11.5 Å². The van der Waals surface area contributed by atoms with Gasteiger partial charge >= 0.3 is 0 Å². The molecule has 102 valence electrons. The SMILES string of the molecule is CNC(C)Cc1noc(-c2cc(F)ccc2OC)n1. The van der Waals surface area contributed by atoms with Crippen LogP contribution in [-0.2, 0) is 6.42 Å². The number of methoxy groups -OCH3 is 1. The molecule has 1 aromatic carbocycles. The van der Waals surface area contributed by atoms with Gasteiger partial charge in [0.25, 0.3) is 5.89 Å². The molecule has 1 heterocycles. The second-order valence-corrected chi connectivity index (χ2v) is 4.25. The molecular weight excluding hydrogens is 249 g/mol. The van der Waals surface area contributed by atoms with E-state index >= 15 is 0 Å². The molecular formula is C13H16FN3O2. The Morgan fingerprint density at radius 3 is 2.95 bits per heavy atom. The number of hydrogen-bond donors (Lipinski definition) is 1. The molecule has 1 atom stereocenters. The summed E-state index contributed by atoms with van der Waals surface area (Å²) in [5.41, 5.74) is 0.457. The minimum absolute atomic E-state index is 0.236. The van der Waals surface area contributed by atoms with E-state index in [0.29, 0.717) is 23.6 Å². The third-order valence-electron chi connectivity index (χ3n) is 2.84. The summed E-state index contributed by atoms with van der Waals surface area (Å²) in [7, 11) is 3.37. The molecule has 2 rings (SSSR count). The van der Waals surface area contributed by atoms with Gasteiger partial charge in [0.05, 0.1) is 12.7 Å². The van der Waals surface area contributed by atoms with Crippen molar-refractivity contribution in [3.8, 4) is 17.2 Å². The number of ether oxygens (including phenoxy) is 1. The van der Waals surface area contributed by atoms with E-state index in [9.17, 15) is 4.39 Å². The zero-order valence-corrected chi connectivity index (χ0v) is 11.1. The lowest BCUT2D eigenvalue weighted by Gasteiger charge is -2.05. The number of rotatable bonds is 5. The van der Waals surface area contributed by atoms with Crippen molar-refractivity contribution in [3.63, 3.8) is 0 Å². The van der Waals surface area contributed by atoms with Crippen LogP contribution in [0, 0.1) is 5.82 Å². The van der Waals surface area contributed by atoms with Gasteiger partial charge in [-0.25, -0.2) is 4.39 Å². The third-order valence-corrected chi connectivity index (χ3v) is 2.84. The van der Waals surface area contributed by atoms with E-state index in [1.165, 1.54) is 25.3 Å². The zero-order valence-electron chi connectivity index (χ0n) is 11.1. The number of nitrogens with one attached hydrogen (secondary N) is 1. The summed E-state index contributed by atoms with van der Waals surface area (Å²) in [6.07, 6.45) is 0.637. The maximum Gasteiger partial charge on any atom is 0.261 e. The molecule has 1 N–H and O–H groups in total. The molecule has 0 spiro atoms. The van der Waals surface area contributed by atoms with E-state index in [1.54, 1.807) is 0 Å². The number of halogens is 1. The Kier molecular flexibility index (Phi) is 4.11. The van der Waals surface area contributed by atoms with Crippen LogP contribution in [0.15, 0.2) is 22.7 Å². The zero-order chi connectivity index (χ0) is 13.8. The minimum Gasteiger partial charge on any atom is -0.496 e. The quantitative estimate of drug-likeness (QED) is 0.896. The number of likely N-dealkylation sites (N-methyl/N-ethyl adjacent to an activating group) is 1. The van der Waals surface area contributed by atoms with Gasteiger partial charge in [-0.05, 0) is 32.2 Å². The van der Waals surface area contributed by atoms with Crippen molar-refractivity contribution < 1.29 is 13.7 Å². The molecule has 1 unspecified atom stereocenters. The number of aromatic nitrogens is 2. The summed E-state index contributed by atoms with van der Waals surface area (Å²) in [6.45, 7) is 2.01. The van der Waals surface area contributed by atoms with Crippen LogP contribution in [-0.4, -0.2) is 30.3 Å². The van der Waals surface area contributed by atoms with Crippen molar-refractivity contribution in [3.05, 3.63) is 29.8 Å². The standard InChI is InChI=1S/C13H16FN3O2/c1-8(15-2)6-12-16-13(19-17-12)10-7-9(14)4-5-11(10)18-3/h4-5,7-8,15H,6H2,1-3H3. The van der Waals surface area contributed by atoms with Crippen molar-refractivity contribution in [2.75, 3.05) is 14.2 Å². The van der Waals surface area contributed by atoms with Crippen LogP contribution in [0.2, 0.25) is 0 Å². The summed E-state index contributed by atoms with van der Waals surface area (Å²) in [5, 5.41) is 6.97. The molecule has 0 aliphatic carbocycles. The Balaban J connectivity index is 2.29. The molecule has 0 aliphatic heterocycles. The smallest absolute Gasteiger partial charge is 0.261 e. The summed E-state index contributed by atoms with van der Waals surface area (Å²) < 4.78 is 23.6. The molecule has 6 heteroatoms. The Morgan fingerprint density at radius 1 is 1.47 bits per heavy atom. The van der Waals surface area contributed by atoms with Gasteiger partial charge in [0.2, 0.25) is 0 Å². The van der Waals surface area contributed by atoms with Gasteiger partial charge in [-0.2, -0.15) is 4.98 Å². The van der Waals surface area contributed by atoms with Crippen molar-refractivity contribution in [1.29, 1.82) is 0 Å². The maximum absolute atomic E-state index is 13.3. The molecule has 1 aromatic heterocycles. The van der Waals surface area contributed by atoms with Crippen LogP contribution in [0.4, 0.5) is 4.39 Å². The predicted octanol–water partition coefficient (Wildman–Crippen LogP) is 2.03. The maximum atomic E-state index is 13.3. The molecule has 0 amide bonds. The Bertz CT molecular complexity index is 557. The van der Waals surface area contributed by atoms with E-state index in [0.717, 1.165) is 0 Å². The van der Waals surface area contributed by atoms with Crippen molar-refractivity contribution in [1.82, 2.24) is 15.5 Å². The molecule has 0 saturated heterocycles. The molecule has 19 heavy (non-hydrogen) atoms. The Morgan fingerprint density at radius 2 is 2.26 bits per heavy atom. The number of nitrogens with zero attached hydrogens (tertiary/aromatic N) is 2. The second-order valence-electron chi connectivity index (χ2n) is 4.25. The van der Waals surface area contributed by atoms with Gasteiger partial charge in [-0.3, -0.25) is 0 Å². The largest absolute Gasteiger partial charge is 0.496 e. The Labute approximate surface area is 110 Å². The highest BCUT2D eigenvalue weighted by atomic mass is 19.1. The monoisotopic (exact) mass is 265 g/mol. The lowest BCUT2D eigenvalue weighted by atomic mass is 10.2. The Hall–Kier alpha value is -1.95. The fourth-order valence-corrected chi connectivity index (χ4v) is 1.67. The van der Waals surface area contributed by atoms with Crippen LogP contribution in [0.3, 0.4) is 0 Å².